The van der Waals surface area contributed by atoms with Crippen LogP contribution in [0.5, 0.6) is 0 Å². The number of nitrogens with zero attached hydrogens (tertiary/aromatic N) is 3. The number of rotatable bonds is 5. The van der Waals surface area contributed by atoms with Crippen molar-refractivity contribution in [3.63, 3.8) is 0 Å². The summed E-state index contributed by atoms with van der Waals surface area (Å²) in [5.74, 6) is -0.721. The van der Waals surface area contributed by atoms with Crippen molar-refractivity contribution in [3.05, 3.63) is 57.2 Å². The van der Waals surface area contributed by atoms with Gasteiger partial charge in [-0.15, -0.1) is 11.3 Å². The van der Waals surface area contributed by atoms with Crippen molar-refractivity contribution in [2.45, 2.75) is 32.0 Å². The van der Waals surface area contributed by atoms with E-state index in [0.29, 0.717) is 38.2 Å². The Labute approximate surface area is 213 Å². The quantitative estimate of drug-likeness (QED) is 0.353. The fraction of sp³-hybridized carbons (Fsp3) is 0.320. The Bertz CT molecular complexity index is 1560. The molecule has 0 saturated carbocycles. The van der Waals surface area contributed by atoms with Gasteiger partial charge in [-0.25, -0.2) is 4.98 Å². The number of carbonyl (C=O) groups is 1. The van der Waals surface area contributed by atoms with Crippen LogP contribution in [0, 0.1) is 0 Å². The van der Waals surface area contributed by atoms with Gasteiger partial charge >= 0.3 is 6.18 Å². The minimum Gasteiger partial charge on any atom is -0.397 e. The largest absolute Gasteiger partial charge is 0.417 e. The van der Waals surface area contributed by atoms with Gasteiger partial charge in [0.1, 0.15) is 21.2 Å². The maximum atomic E-state index is 14.0. The van der Waals surface area contributed by atoms with Gasteiger partial charge in [0.2, 0.25) is 0 Å². The van der Waals surface area contributed by atoms with Crippen LogP contribution >= 0.6 is 11.3 Å². The number of alkyl halides is 3. The van der Waals surface area contributed by atoms with Gasteiger partial charge in [-0.1, -0.05) is 18.2 Å². The molecule has 5 N–H and O–H groups in total. The van der Waals surface area contributed by atoms with Crippen LogP contribution in [-0.2, 0) is 6.18 Å². The van der Waals surface area contributed by atoms with Crippen LogP contribution in [0.2, 0.25) is 0 Å². The maximum Gasteiger partial charge on any atom is 0.417 e. The number of aromatic amines is 1. The van der Waals surface area contributed by atoms with E-state index in [2.05, 4.69) is 14.9 Å². The normalized spacial score (nSPS) is 15.0. The zero-order valence-corrected chi connectivity index (χ0v) is 20.7. The molecule has 0 spiro atoms. The van der Waals surface area contributed by atoms with E-state index in [1.165, 1.54) is 0 Å². The number of piperidine rings is 1. The number of H-pyrrole nitrogens is 1. The second-order valence-corrected chi connectivity index (χ2v) is 9.99. The SMILES string of the molecule is CCN(c1cc2ccccc2[nH]c1=O)C1CCN(c2cc(C(F)(F)F)c3c(N)c(C(N)=O)sc3n2)CC1. The summed E-state index contributed by atoms with van der Waals surface area (Å²) in [6, 6.07) is 10.5. The first kappa shape index (κ1) is 24.9. The number of pyridine rings is 2. The summed E-state index contributed by atoms with van der Waals surface area (Å²) in [7, 11) is 0. The van der Waals surface area contributed by atoms with Crippen molar-refractivity contribution in [1.29, 1.82) is 0 Å². The van der Waals surface area contributed by atoms with Crippen LogP contribution in [0.25, 0.3) is 21.1 Å². The van der Waals surface area contributed by atoms with Crippen LogP contribution < -0.4 is 26.8 Å². The van der Waals surface area contributed by atoms with Gasteiger partial charge in [-0.05, 0) is 38.0 Å². The van der Waals surface area contributed by atoms with Crippen molar-refractivity contribution >= 4 is 55.6 Å². The van der Waals surface area contributed by atoms with Gasteiger partial charge in [0.25, 0.3) is 11.5 Å². The summed E-state index contributed by atoms with van der Waals surface area (Å²) in [4.78, 5) is 35.6. The maximum absolute atomic E-state index is 14.0. The number of hydrogen-bond donors (Lipinski definition) is 3. The molecule has 1 amide bonds. The minimum atomic E-state index is -4.69. The number of thiophene rings is 1. The molecule has 4 aromatic rings. The fourth-order valence-corrected chi connectivity index (χ4v) is 6.02. The molecular weight excluding hydrogens is 505 g/mol. The number of aromatic nitrogens is 2. The molecule has 1 fully saturated rings. The lowest BCUT2D eigenvalue weighted by atomic mass is 10.0. The first-order valence-electron chi connectivity index (χ1n) is 11.8. The van der Waals surface area contributed by atoms with Crippen LogP contribution in [0.3, 0.4) is 0 Å². The molecule has 12 heteroatoms. The number of fused-ring (bicyclic) bond motifs is 2. The van der Waals surface area contributed by atoms with Gasteiger partial charge in [-0.2, -0.15) is 13.2 Å². The van der Waals surface area contributed by atoms with Crippen molar-refractivity contribution < 1.29 is 18.0 Å². The van der Waals surface area contributed by atoms with Gasteiger partial charge in [0, 0.05) is 42.0 Å². The smallest absolute Gasteiger partial charge is 0.397 e. The lowest BCUT2D eigenvalue weighted by molar-refractivity contribution is -0.136. The molecule has 0 radical (unpaired) electrons. The van der Waals surface area contributed by atoms with E-state index in [0.717, 1.165) is 28.3 Å². The molecule has 0 aliphatic carbocycles. The molecule has 3 aromatic heterocycles. The van der Waals surface area contributed by atoms with E-state index in [9.17, 15) is 22.8 Å². The zero-order chi connectivity index (χ0) is 26.5. The minimum absolute atomic E-state index is 0.0242. The molecule has 194 valence electrons. The van der Waals surface area contributed by atoms with E-state index in [1.807, 2.05) is 37.3 Å². The molecular formula is C25H25F3N6O2S. The molecule has 4 heterocycles. The Morgan fingerprint density at radius 1 is 1.24 bits per heavy atom. The highest BCUT2D eigenvalue weighted by Crippen LogP contribution is 2.43. The standard InChI is InChI=1S/C25H25F3N6O2S/c1-2-34(17-11-13-5-3-4-6-16(13)31-23(17)36)14-7-9-33(10-8-14)18-12-15(25(26,27)28)19-20(29)21(22(30)35)37-24(19)32-18/h3-6,11-12,14H,2,7-10,29H2,1H3,(H2,30,35)(H,31,36). The number of nitrogen functional groups attached to an aromatic ring is 1. The topological polar surface area (TPSA) is 121 Å². The Kier molecular flexibility index (Phi) is 6.22. The molecule has 1 aliphatic heterocycles. The molecule has 5 rings (SSSR count). The number of carbonyl (C=O) groups excluding carboxylic acids is 1. The molecule has 8 nitrogen and oxygen atoms in total. The Hall–Kier alpha value is -3.80. The number of hydrogen-bond acceptors (Lipinski definition) is 7. The van der Waals surface area contributed by atoms with Gasteiger partial charge in [0.15, 0.2) is 0 Å². The summed E-state index contributed by atoms with van der Waals surface area (Å²) in [5, 5.41) is 0.633. The lowest BCUT2D eigenvalue weighted by Gasteiger charge is -2.39. The number of halogens is 3. The number of amides is 1. The fourth-order valence-electron chi connectivity index (χ4n) is 5.06. The van der Waals surface area contributed by atoms with Gasteiger partial charge in [-0.3, -0.25) is 9.59 Å². The lowest BCUT2D eigenvalue weighted by Crippen LogP contribution is -2.46. The summed E-state index contributed by atoms with van der Waals surface area (Å²) in [6.07, 6.45) is -3.44. The van der Waals surface area contributed by atoms with Crippen LogP contribution in [-0.4, -0.2) is 41.6 Å². The van der Waals surface area contributed by atoms with Crippen molar-refractivity contribution in [2.75, 3.05) is 35.2 Å². The first-order valence-corrected chi connectivity index (χ1v) is 12.6. The second-order valence-electron chi connectivity index (χ2n) is 8.99. The zero-order valence-electron chi connectivity index (χ0n) is 19.9. The summed E-state index contributed by atoms with van der Waals surface area (Å²) < 4.78 is 41.9. The second kappa shape index (κ2) is 9.25. The summed E-state index contributed by atoms with van der Waals surface area (Å²) in [6.45, 7) is 3.49. The molecule has 1 aromatic carbocycles. The Morgan fingerprint density at radius 3 is 2.59 bits per heavy atom. The van der Waals surface area contributed by atoms with Gasteiger partial charge < -0.3 is 26.3 Å². The molecule has 1 saturated heterocycles. The highest BCUT2D eigenvalue weighted by molar-refractivity contribution is 7.21. The Morgan fingerprint density at radius 2 is 1.95 bits per heavy atom. The Balaban J connectivity index is 1.43. The molecule has 0 bridgehead atoms. The number of anilines is 3. The highest BCUT2D eigenvalue weighted by Gasteiger charge is 2.37. The summed E-state index contributed by atoms with van der Waals surface area (Å²) in [5.41, 5.74) is 11.1. The monoisotopic (exact) mass is 530 g/mol. The van der Waals surface area contributed by atoms with E-state index in [-0.39, 0.29) is 38.2 Å². The van der Waals surface area contributed by atoms with E-state index >= 15 is 0 Å². The summed E-state index contributed by atoms with van der Waals surface area (Å²) >= 11 is 0.765. The third-order valence-electron chi connectivity index (χ3n) is 6.83. The van der Waals surface area contributed by atoms with Crippen molar-refractivity contribution in [2.24, 2.45) is 5.73 Å². The van der Waals surface area contributed by atoms with E-state index < -0.39 is 17.6 Å². The predicted molar refractivity (Wildman–Crippen MR) is 140 cm³/mol. The van der Waals surface area contributed by atoms with Crippen LogP contribution in [0.1, 0.15) is 35.0 Å². The number of benzene rings is 1. The van der Waals surface area contributed by atoms with E-state index in [1.54, 1.807) is 4.90 Å². The average Bonchev–Trinajstić information content (AvgIpc) is 3.20. The van der Waals surface area contributed by atoms with Crippen molar-refractivity contribution in [3.8, 4) is 0 Å². The number of primary amides is 1. The first-order chi connectivity index (χ1) is 17.6. The van der Waals surface area contributed by atoms with E-state index in [4.69, 9.17) is 11.5 Å². The highest BCUT2D eigenvalue weighted by atomic mass is 32.1. The third kappa shape index (κ3) is 4.45. The van der Waals surface area contributed by atoms with Crippen LogP contribution in [0.4, 0.5) is 30.4 Å². The average molecular weight is 531 g/mol. The molecule has 0 atom stereocenters. The number of nitrogens with two attached hydrogens (primary N) is 2. The molecule has 1 aliphatic rings. The van der Waals surface area contributed by atoms with Gasteiger partial charge in [0.05, 0.1) is 11.3 Å². The number of para-hydroxylation sites is 1. The van der Waals surface area contributed by atoms with Crippen LogP contribution in [0.15, 0.2) is 41.2 Å². The molecule has 37 heavy (non-hydrogen) atoms. The third-order valence-corrected chi connectivity index (χ3v) is 7.94. The van der Waals surface area contributed by atoms with Crippen molar-refractivity contribution in [1.82, 2.24) is 9.97 Å². The number of nitrogens with one attached hydrogen (secondary N) is 1. The predicted octanol–water partition coefficient (Wildman–Crippen LogP) is 4.33. The molecule has 0 unspecified atom stereocenters.